The number of nitrogens with one attached hydrogen (secondary N) is 1. The molecule has 7 nitrogen and oxygen atoms in total. The first-order valence-electron chi connectivity index (χ1n) is 14.7. The van der Waals surface area contributed by atoms with E-state index in [1.54, 1.807) is 24.4 Å². The van der Waals surface area contributed by atoms with Crippen molar-refractivity contribution in [1.82, 2.24) is 10.3 Å². The molecule has 2 aromatic carbocycles. The van der Waals surface area contributed by atoms with E-state index in [4.69, 9.17) is 4.98 Å². The minimum atomic E-state index is -0.315. The average Bonchev–Trinajstić information content (AvgIpc) is 3.31. The Hall–Kier alpha value is -4.18. The van der Waals surface area contributed by atoms with Gasteiger partial charge in [-0.05, 0) is 97.6 Å². The molecule has 3 aliphatic carbocycles. The molecule has 3 aromatic rings. The molecule has 2 saturated carbocycles. The van der Waals surface area contributed by atoms with Gasteiger partial charge in [-0.2, -0.15) is 5.26 Å². The van der Waals surface area contributed by atoms with E-state index >= 15 is 0 Å². The molecule has 0 spiro atoms. The zero-order valence-electron chi connectivity index (χ0n) is 23.3. The third-order valence-corrected chi connectivity index (χ3v) is 10.3. The maximum absolute atomic E-state index is 12.9. The number of nitrogens with zero attached hydrogens (tertiary/aromatic N) is 3. The number of amides is 1. The lowest BCUT2D eigenvalue weighted by Gasteiger charge is -2.51. The van der Waals surface area contributed by atoms with E-state index in [0.29, 0.717) is 42.7 Å². The fourth-order valence-electron chi connectivity index (χ4n) is 8.40. The number of carbonyl (C=O) groups is 1. The zero-order chi connectivity index (χ0) is 28.6. The fraction of sp³-hybridized carbons (Fsp3) is 0.412. The molecule has 41 heavy (non-hydrogen) atoms. The number of fused-ring (bicyclic) bond motifs is 5. The molecule has 1 aromatic heterocycles. The highest BCUT2D eigenvalue weighted by Gasteiger charge is 2.59. The molecule has 7 heteroatoms. The van der Waals surface area contributed by atoms with Crippen molar-refractivity contribution >= 4 is 11.6 Å². The van der Waals surface area contributed by atoms with Crippen LogP contribution in [-0.2, 0) is 6.42 Å². The van der Waals surface area contributed by atoms with E-state index < -0.39 is 0 Å². The Bertz CT molecular complexity index is 1510. The van der Waals surface area contributed by atoms with Crippen LogP contribution < -0.4 is 5.32 Å². The number of aromatic nitrogens is 1. The van der Waals surface area contributed by atoms with Gasteiger partial charge < -0.3 is 15.6 Å². The van der Waals surface area contributed by atoms with Crippen molar-refractivity contribution in [1.29, 1.82) is 5.26 Å². The molecule has 3 N–H and O–H groups in total. The third-order valence-electron chi connectivity index (χ3n) is 10.3. The number of phenolic OH excluding ortho intramolecular Hbond substituents is 1. The number of para-hydroxylation sites is 1. The van der Waals surface area contributed by atoms with Crippen molar-refractivity contribution in [3.63, 3.8) is 0 Å². The summed E-state index contributed by atoms with van der Waals surface area (Å²) in [4.78, 5) is 17.6. The lowest BCUT2D eigenvalue weighted by Crippen LogP contribution is -2.45. The molecule has 0 saturated heterocycles. The predicted octanol–water partition coefficient (Wildman–Crippen LogP) is 6.18. The number of benzene rings is 2. The highest BCUT2D eigenvalue weighted by Crippen LogP contribution is 2.64. The minimum Gasteiger partial charge on any atom is -0.507 e. The largest absolute Gasteiger partial charge is 0.507 e. The van der Waals surface area contributed by atoms with Gasteiger partial charge >= 0.3 is 0 Å². The number of oxime groups is 1. The first-order valence-corrected chi connectivity index (χ1v) is 14.7. The number of nitriles is 1. The summed E-state index contributed by atoms with van der Waals surface area (Å²) in [5, 5.41) is 36.6. The average molecular weight is 549 g/mol. The Morgan fingerprint density at radius 3 is 2.73 bits per heavy atom. The van der Waals surface area contributed by atoms with E-state index in [9.17, 15) is 20.4 Å². The van der Waals surface area contributed by atoms with Crippen molar-refractivity contribution in [3.05, 3.63) is 94.8 Å². The normalized spacial score (nSPS) is 28.1. The summed E-state index contributed by atoms with van der Waals surface area (Å²) >= 11 is 0. The van der Waals surface area contributed by atoms with Gasteiger partial charge in [0.25, 0.3) is 5.91 Å². The van der Waals surface area contributed by atoms with Crippen LogP contribution in [0, 0.1) is 34.5 Å². The van der Waals surface area contributed by atoms with Gasteiger partial charge in [0.2, 0.25) is 0 Å². The lowest BCUT2D eigenvalue weighted by atomic mass is 9.53. The highest BCUT2D eigenvalue weighted by molar-refractivity contribution is 5.96. The summed E-state index contributed by atoms with van der Waals surface area (Å²) in [5.41, 5.74) is 5.27. The van der Waals surface area contributed by atoms with Crippen molar-refractivity contribution in [2.24, 2.45) is 28.3 Å². The molecule has 6 atom stereocenters. The maximum atomic E-state index is 12.9. The topological polar surface area (TPSA) is 119 Å². The van der Waals surface area contributed by atoms with Gasteiger partial charge in [0.15, 0.2) is 0 Å². The van der Waals surface area contributed by atoms with E-state index in [-0.39, 0.29) is 34.5 Å². The Balaban J connectivity index is 1.33. The molecule has 3 aliphatic rings. The van der Waals surface area contributed by atoms with Crippen LogP contribution in [0.1, 0.15) is 83.6 Å². The van der Waals surface area contributed by atoms with Crippen molar-refractivity contribution < 1.29 is 15.1 Å². The number of aromatic hydroxyl groups is 1. The van der Waals surface area contributed by atoms with Crippen LogP contribution in [-0.4, -0.2) is 33.5 Å². The molecule has 2 fully saturated rings. The van der Waals surface area contributed by atoms with Crippen molar-refractivity contribution in [2.75, 3.05) is 6.54 Å². The van der Waals surface area contributed by atoms with Crippen LogP contribution in [0.3, 0.4) is 0 Å². The number of pyridine rings is 1. The van der Waals surface area contributed by atoms with E-state index in [1.807, 2.05) is 12.1 Å². The Kier molecular flexibility index (Phi) is 7.25. The fourth-order valence-corrected chi connectivity index (χ4v) is 8.40. The second kappa shape index (κ2) is 11.0. The highest BCUT2D eigenvalue weighted by atomic mass is 16.4. The van der Waals surface area contributed by atoms with E-state index in [2.05, 4.69) is 47.7 Å². The quantitative estimate of drug-likeness (QED) is 0.251. The SMILES string of the molecule is C[C@]12CCC3c4ccccc4CCC3C1[C@H](C(CCNC(=O)c1ccccc1O)c1ccc(C#N)cn1)C/C2=N\O. The second-order valence-corrected chi connectivity index (χ2v) is 12.2. The summed E-state index contributed by atoms with van der Waals surface area (Å²) in [6.45, 7) is 2.69. The summed E-state index contributed by atoms with van der Waals surface area (Å²) in [7, 11) is 0. The van der Waals surface area contributed by atoms with Crippen LogP contribution in [0.2, 0.25) is 0 Å². The van der Waals surface area contributed by atoms with Gasteiger partial charge in [-0.3, -0.25) is 9.78 Å². The zero-order valence-corrected chi connectivity index (χ0v) is 23.3. The van der Waals surface area contributed by atoms with Crippen LogP contribution in [0.25, 0.3) is 0 Å². The summed E-state index contributed by atoms with van der Waals surface area (Å²) < 4.78 is 0. The van der Waals surface area contributed by atoms with Crippen LogP contribution in [0.4, 0.5) is 0 Å². The number of carbonyl (C=O) groups excluding carboxylic acids is 1. The van der Waals surface area contributed by atoms with Gasteiger partial charge in [-0.15, -0.1) is 0 Å². The third kappa shape index (κ3) is 4.76. The first kappa shape index (κ1) is 27.0. The molecule has 1 heterocycles. The van der Waals surface area contributed by atoms with E-state index in [0.717, 1.165) is 37.1 Å². The molecular weight excluding hydrogens is 512 g/mol. The monoisotopic (exact) mass is 548 g/mol. The molecule has 0 bridgehead atoms. The molecular formula is C34H36N4O3. The van der Waals surface area contributed by atoms with Gasteiger partial charge in [-0.1, -0.05) is 48.5 Å². The number of phenols is 1. The smallest absolute Gasteiger partial charge is 0.255 e. The maximum Gasteiger partial charge on any atom is 0.255 e. The molecule has 0 aliphatic heterocycles. The van der Waals surface area contributed by atoms with Crippen LogP contribution in [0.5, 0.6) is 5.75 Å². The Labute approximate surface area is 240 Å². The Morgan fingerprint density at radius 1 is 1.17 bits per heavy atom. The summed E-state index contributed by atoms with van der Waals surface area (Å²) in [6.07, 6.45) is 7.16. The standard InChI is InChI=1S/C34H36N4O3/c1-34-16-14-24-23-7-3-2-6-22(23)11-12-26(24)32(34)28(18-31(34)38-41)25(29-13-10-21(19-35)20-37-29)15-17-36-33(40)27-8-4-5-9-30(27)39/h2-10,13,20,24-26,28,32,39,41H,11-12,14-18H2,1H3,(H,36,40)/b38-31+/t24?,25?,26?,28-,32?,34+/m0/s1. The molecule has 1 amide bonds. The molecule has 4 unspecified atom stereocenters. The number of rotatable bonds is 6. The number of hydrogen-bond acceptors (Lipinski definition) is 6. The predicted molar refractivity (Wildman–Crippen MR) is 156 cm³/mol. The minimum absolute atomic E-state index is 0.00749. The van der Waals surface area contributed by atoms with Crippen LogP contribution >= 0.6 is 0 Å². The van der Waals surface area contributed by atoms with Gasteiger partial charge in [-0.25, -0.2) is 0 Å². The molecule has 6 rings (SSSR count). The second-order valence-electron chi connectivity index (χ2n) is 12.2. The van der Waals surface area contributed by atoms with Crippen molar-refractivity contribution in [3.8, 4) is 11.8 Å². The summed E-state index contributed by atoms with van der Waals surface area (Å²) in [5.74, 6) is 1.05. The number of aryl methyl sites for hydroxylation is 1. The van der Waals surface area contributed by atoms with Gasteiger partial charge in [0.05, 0.1) is 16.8 Å². The lowest BCUT2D eigenvalue weighted by molar-refractivity contribution is 0.0476. The van der Waals surface area contributed by atoms with E-state index in [1.165, 1.54) is 17.2 Å². The molecule has 0 radical (unpaired) electrons. The number of hydrogen-bond donors (Lipinski definition) is 3. The van der Waals surface area contributed by atoms with Crippen molar-refractivity contribution in [2.45, 2.75) is 57.3 Å². The molecule has 210 valence electrons. The van der Waals surface area contributed by atoms with Gasteiger partial charge in [0.1, 0.15) is 11.8 Å². The summed E-state index contributed by atoms with van der Waals surface area (Å²) in [6, 6.07) is 21.3. The van der Waals surface area contributed by atoms with Gasteiger partial charge in [0, 0.05) is 29.8 Å². The first-order chi connectivity index (χ1) is 19.9. The van der Waals surface area contributed by atoms with Crippen LogP contribution in [0.15, 0.2) is 72.0 Å². The Morgan fingerprint density at radius 2 is 1.98 bits per heavy atom.